The molecule has 2 aliphatic carbocycles. The van der Waals surface area contributed by atoms with Gasteiger partial charge in [0.2, 0.25) is 0 Å². The number of aliphatic hydroxyl groups is 1. The van der Waals surface area contributed by atoms with Crippen LogP contribution in [0.5, 0.6) is 0 Å². The van der Waals surface area contributed by atoms with Crippen LogP contribution < -0.4 is 5.73 Å². The van der Waals surface area contributed by atoms with Crippen molar-refractivity contribution in [3.8, 4) is 0 Å². The molecule has 98 valence electrons. The molecule has 1 aromatic carbocycles. The molecule has 0 aliphatic heterocycles. The van der Waals surface area contributed by atoms with Crippen molar-refractivity contribution in [1.29, 1.82) is 0 Å². The summed E-state index contributed by atoms with van der Waals surface area (Å²) >= 11 is 0. The summed E-state index contributed by atoms with van der Waals surface area (Å²) in [5.41, 5.74) is 9.17. The molecule has 0 unspecified atom stereocenters. The molecule has 0 amide bonds. The van der Waals surface area contributed by atoms with Gasteiger partial charge in [0.25, 0.3) is 0 Å². The standard InChI is InChI=1S/C16H23NO/c17-16(8-4-1-5-9-16)14-7-3-2-6-13(14)15(12-18)10-11-15/h2-3,6-7,18H,1,4-5,8-12,17H2. The topological polar surface area (TPSA) is 46.2 Å². The van der Waals surface area contributed by atoms with Crippen molar-refractivity contribution in [2.24, 2.45) is 5.73 Å². The van der Waals surface area contributed by atoms with E-state index in [0.29, 0.717) is 0 Å². The molecule has 2 fully saturated rings. The lowest BCUT2D eigenvalue weighted by Crippen LogP contribution is -2.40. The number of nitrogens with two attached hydrogens (primary N) is 1. The van der Waals surface area contributed by atoms with Crippen molar-refractivity contribution in [1.82, 2.24) is 0 Å². The van der Waals surface area contributed by atoms with Crippen LogP contribution in [0.4, 0.5) is 0 Å². The largest absolute Gasteiger partial charge is 0.395 e. The third kappa shape index (κ3) is 1.88. The quantitative estimate of drug-likeness (QED) is 0.860. The fraction of sp³-hybridized carbons (Fsp3) is 0.625. The number of aliphatic hydroxyl groups excluding tert-OH is 1. The Hall–Kier alpha value is -0.860. The van der Waals surface area contributed by atoms with Gasteiger partial charge in [0.15, 0.2) is 0 Å². The van der Waals surface area contributed by atoms with Crippen molar-refractivity contribution in [3.05, 3.63) is 35.4 Å². The first-order chi connectivity index (χ1) is 8.70. The Kier molecular flexibility index (Phi) is 2.95. The Morgan fingerprint density at radius 2 is 1.56 bits per heavy atom. The zero-order valence-corrected chi connectivity index (χ0v) is 11.0. The second-order valence-electron chi connectivity index (χ2n) is 6.20. The number of hydrogen-bond donors (Lipinski definition) is 2. The maximum Gasteiger partial charge on any atom is 0.0528 e. The molecule has 2 heteroatoms. The molecule has 1 aromatic rings. The normalized spacial score (nSPS) is 24.8. The zero-order valence-electron chi connectivity index (χ0n) is 11.0. The number of rotatable bonds is 3. The first kappa shape index (κ1) is 12.2. The van der Waals surface area contributed by atoms with E-state index in [1.54, 1.807) is 0 Å². The van der Waals surface area contributed by atoms with E-state index >= 15 is 0 Å². The Morgan fingerprint density at radius 3 is 2.11 bits per heavy atom. The first-order valence-corrected chi connectivity index (χ1v) is 7.20. The molecule has 0 atom stereocenters. The average Bonchev–Trinajstić information content (AvgIpc) is 3.21. The Morgan fingerprint density at radius 1 is 0.944 bits per heavy atom. The Labute approximate surface area is 109 Å². The lowest BCUT2D eigenvalue weighted by Gasteiger charge is -2.36. The predicted octanol–water partition coefficient (Wildman–Crippen LogP) is 2.83. The molecule has 0 heterocycles. The lowest BCUT2D eigenvalue weighted by atomic mass is 9.73. The van der Waals surface area contributed by atoms with E-state index in [-0.39, 0.29) is 17.6 Å². The highest BCUT2D eigenvalue weighted by molar-refractivity contribution is 5.42. The highest BCUT2D eigenvalue weighted by Crippen LogP contribution is 2.51. The summed E-state index contributed by atoms with van der Waals surface area (Å²) in [6, 6.07) is 8.55. The van der Waals surface area contributed by atoms with Crippen molar-refractivity contribution < 1.29 is 5.11 Å². The molecule has 2 aliphatic rings. The minimum Gasteiger partial charge on any atom is -0.395 e. The van der Waals surface area contributed by atoms with Crippen molar-refractivity contribution in [2.45, 2.75) is 55.9 Å². The summed E-state index contributed by atoms with van der Waals surface area (Å²) in [7, 11) is 0. The number of hydrogen-bond acceptors (Lipinski definition) is 2. The molecule has 0 bridgehead atoms. The van der Waals surface area contributed by atoms with E-state index in [4.69, 9.17) is 5.73 Å². The van der Waals surface area contributed by atoms with Crippen LogP contribution in [0.15, 0.2) is 24.3 Å². The molecule has 3 N–H and O–H groups in total. The summed E-state index contributed by atoms with van der Waals surface area (Å²) < 4.78 is 0. The molecule has 0 spiro atoms. The molecule has 18 heavy (non-hydrogen) atoms. The predicted molar refractivity (Wildman–Crippen MR) is 73.4 cm³/mol. The summed E-state index contributed by atoms with van der Waals surface area (Å²) in [5.74, 6) is 0. The minimum atomic E-state index is -0.153. The van der Waals surface area contributed by atoms with Gasteiger partial charge in [-0.1, -0.05) is 43.5 Å². The molecule has 0 aromatic heterocycles. The van der Waals surface area contributed by atoms with E-state index in [0.717, 1.165) is 25.7 Å². The molecule has 3 rings (SSSR count). The fourth-order valence-corrected chi connectivity index (χ4v) is 3.50. The molecule has 0 radical (unpaired) electrons. The van der Waals surface area contributed by atoms with Gasteiger partial charge in [0.1, 0.15) is 0 Å². The third-order valence-corrected chi connectivity index (χ3v) is 4.94. The van der Waals surface area contributed by atoms with Crippen molar-refractivity contribution >= 4 is 0 Å². The second kappa shape index (κ2) is 4.36. The molecular formula is C16H23NO. The van der Waals surface area contributed by atoms with Crippen LogP contribution in [-0.2, 0) is 11.0 Å². The smallest absolute Gasteiger partial charge is 0.0528 e. The number of benzene rings is 1. The Bertz CT molecular complexity index is 430. The minimum absolute atomic E-state index is 0.0282. The third-order valence-electron chi connectivity index (χ3n) is 4.94. The van der Waals surface area contributed by atoms with Crippen molar-refractivity contribution in [3.63, 3.8) is 0 Å². The maximum atomic E-state index is 9.68. The SMILES string of the molecule is NC1(c2ccccc2C2(CO)CC2)CCCCC1. The lowest BCUT2D eigenvalue weighted by molar-refractivity contribution is 0.248. The van der Waals surface area contributed by atoms with Gasteiger partial charge in [-0.25, -0.2) is 0 Å². The van der Waals surface area contributed by atoms with Crippen LogP contribution in [0.25, 0.3) is 0 Å². The molecule has 0 saturated heterocycles. The second-order valence-corrected chi connectivity index (χ2v) is 6.20. The van der Waals surface area contributed by atoms with Crippen LogP contribution in [0.1, 0.15) is 56.1 Å². The van der Waals surface area contributed by atoms with E-state index < -0.39 is 0 Å². The van der Waals surface area contributed by atoms with E-state index in [1.165, 1.54) is 30.4 Å². The fourth-order valence-electron chi connectivity index (χ4n) is 3.50. The van der Waals surface area contributed by atoms with Gasteiger partial charge >= 0.3 is 0 Å². The summed E-state index contributed by atoms with van der Waals surface area (Å²) in [6.07, 6.45) is 8.17. The van der Waals surface area contributed by atoms with Crippen LogP contribution in [-0.4, -0.2) is 11.7 Å². The van der Waals surface area contributed by atoms with Crippen LogP contribution in [0.3, 0.4) is 0 Å². The summed E-state index contributed by atoms with van der Waals surface area (Å²) in [4.78, 5) is 0. The van der Waals surface area contributed by atoms with Gasteiger partial charge in [0.05, 0.1) is 6.61 Å². The van der Waals surface area contributed by atoms with Crippen LogP contribution in [0, 0.1) is 0 Å². The maximum absolute atomic E-state index is 9.68. The summed E-state index contributed by atoms with van der Waals surface area (Å²) in [6.45, 7) is 0.264. The molecule has 2 saturated carbocycles. The highest BCUT2D eigenvalue weighted by Gasteiger charge is 2.47. The van der Waals surface area contributed by atoms with E-state index in [1.807, 2.05) is 0 Å². The van der Waals surface area contributed by atoms with Gasteiger partial charge < -0.3 is 10.8 Å². The van der Waals surface area contributed by atoms with Gasteiger partial charge in [-0.3, -0.25) is 0 Å². The summed E-state index contributed by atoms with van der Waals surface area (Å²) in [5, 5.41) is 9.68. The zero-order chi connectivity index (χ0) is 12.6. The van der Waals surface area contributed by atoms with Crippen LogP contribution >= 0.6 is 0 Å². The highest BCUT2D eigenvalue weighted by atomic mass is 16.3. The first-order valence-electron chi connectivity index (χ1n) is 7.20. The van der Waals surface area contributed by atoms with Gasteiger partial charge in [-0.15, -0.1) is 0 Å². The van der Waals surface area contributed by atoms with Gasteiger partial charge in [0, 0.05) is 11.0 Å². The van der Waals surface area contributed by atoms with E-state index in [2.05, 4.69) is 24.3 Å². The van der Waals surface area contributed by atoms with Crippen molar-refractivity contribution in [2.75, 3.05) is 6.61 Å². The van der Waals surface area contributed by atoms with Crippen LogP contribution in [0.2, 0.25) is 0 Å². The van der Waals surface area contributed by atoms with E-state index in [9.17, 15) is 5.11 Å². The van der Waals surface area contributed by atoms with Gasteiger partial charge in [-0.2, -0.15) is 0 Å². The monoisotopic (exact) mass is 245 g/mol. The molecular weight excluding hydrogens is 222 g/mol. The molecule has 2 nitrogen and oxygen atoms in total. The Balaban J connectivity index is 2.01. The average molecular weight is 245 g/mol. The van der Waals surface area contributed by atoms with Gasteiger partial charge in [-0.05, 0) is 36.8 Å².